The molecule has 2 rings (SSSR count). The summed E-state index contributed by atoms with van der Waals surface area (Å²) in [5.41, 5.74) is 0.407. The first-order chi connectivity index (χ1) is 9.70. The van der Waals surface area contributed by atoms with Gasteiger partial charge < -0.3 is 14.6 Å². The van der Waals surface area contributed by atoms with Gasteiger partial charge in [-0.15, -0.1) is 0 Å². The Balaban J connectivity index is 1.84. The molecule has 0 fully saturated rings. The van der Waals surface area contributed by atoms with Crippen LogP contribution in [0.25, 0.3) is 0 Å². The molecule has 20 heavy (non-hydrogen) atoms. The van der Waals surface area contributed by atoms with E-state index in [1.165, 1.54) is 0 Å². The van der Waals surface area contributed by atoms with Crippen LogP contribution in [0.2, 0.25) is 0 Å². The van der Waals surface area contributed by atoms with Gasteiger partial charge in [0.05, 0.1) is 12.1 Å². The predicted molar refractivity (Wildman–Crippen MR) is 71.7 cm³/mol. The van der Waals surface area contributed by atoms with Crippen molar-refractivity contribution in [2.75, 3.05) is 6.61 Å². The lowest BCUT2D eigenvalue weighted by Gasteiger charge is -2.08. The first-order valence-electron chi connectivity index (χ1n) is 6.05. The van der Waals surface area contributed by atoms with Crippen molar-refractivity contribution in [3.8, 4) is 11.8 Å². The van der Waals surface area contributed by atoms with E-state index in [-0.39, 0.29) is 12.5 Å². The van der Waals surface area contributed by atoms with Crippen LogP contribution < -0.4 is 10.1 Å². The Bertz CT molecular complexity index is 643. The monoisotopic (exact) mass is 270 g/mol. The fourth-order valence-electron chi connectivity index (χ4n) is 1.62. The normalized spacial score (nSPS) is 9.80. The summed E-state index contributed by atoms with van der Waals surface area (Å²) in [5, 5.41) is 11.6. The van der Waals surface area contributed by atoms with E-state index in [0.717, 1.165) is 5.82 Å². The molecule has 6 heteroatoms. The molecular weight excluding hydrogens is 256 g/mol. The molecule has 0 aliphatic carbocycles. The highest BCUT2D eigenvalue weighted by Crippen LogP contribution is 2.16. The van der Waals surface area contributed by atoms with Gasteiger partial charge in [-0.1, -0.05) is 12.1 Å². The third-order valence-corrected chi connectivity index (χ3v) is 2.73. The summed E-state index contributed by atoms with van der Waals surface area (Å²) in [5.74, 6) is 0.902. The van der Waals surface area contributed by atoms with Crippen LogP contribution in [0.5, 0.6) is 5.75 Å². The summed E-state index contributed by atoms with van der Waals surface area (Å²) in [6, 6.07) is 8.80. The van der Waals surface area contributed by atoms with Crippen LogP contribution in [0.3, 0.4) is 0 Å². The fourth-order valence-corrected chi connectivity index (χ4v) is 1.62. The van der Waals surface area contributed by atoms with Crippen molar-refractivity contribution >= 4 is 5.91 Å². The Kier molecular flexibility index (Phi) is 4.35. The molecule has 0 spiro atoms. The summed E-state index contributed by atoms with van der Waals surface area (Å²) < 4.78 is 7.15. The first kappa shape index (κ1) is 13.6. The topological polar surface area (TPSA) is 79.9 Å². The average Bonchev–Trinajstić information content (AvgIpc) is 2.88. The van der Waals surface area contributed by atoms with Crippen LogP contribution in [0, 0.1) is 11.3 Å². The lowest BCUT2D eigenvalue weighted by molar-refractivity contribution is -0.123. The maximum Gasteiger partial charge on any atom is 0.258 e. The number of aryl methyl sites for hydroxylation is 1. The van der Waals surface area contributed by atoms with E-state index < -0.39 is 0 Å². The molecule has 0 radical (unpaired) electrons. The maximum absolute atomic E-state index is 11.7. The lowest BCUT2D eigenvalue weighted by atomic mass is 10.2. The number of hydrogen-bond donors (Lipinski definition) is 1. The highest BCUT2D eigenvalue weighted by atomic mass is 16.5. The number of amides is 1. The molecule has 0 aliphatic rings. The number of carbonyl (C=O) groups excluding carboxylic acids is 1. The van der Waals surface area contributed by atoms with Gasteiger partial charge in [-0.25, -0.2) is 4.98 Å². The van der Waals surface area contributed by atoms with Crippen molar-refractivity contribution < 1.29 is 9.53 Å². The van der Waals surface area contributed by atoms with Crippen LogP contribution in [0.4, 0.5) is 0 Å². The lowest BCUT2D eigenvalue weighted by Crippen LogP contribution is -2.29. The molecule has 0 saturated heterocycles. The second kappa shape index (κ2) is 6.38. The molecular formula is C14H14N4O2. The largest absolute Gasteiger partial charge is 0.482 e. The third kappa shape index (κ3) is 3.36. The summed E-state index contributed by atoms with van der Waals surface area (Å²) in [6.07, 6.45) is 3.47. The highest BCUT2D eigenvalue weighted by molar-refractivity contribution is 5.77. The molecule has 1 heterocycles. The quantitative estimate of drug-likeness (QED) is 0.878. The summed E-state index contributed by atoms with van der Waals surface area (Å²) in [7, 11) is 1.86. The standard InChI is InChI=1S/C14H14N4O2/c1-18-7-6-16-13(18)9-17-14(19)10-20-12-5-3-2-4-11(12)8-15/h2-7H,9-10H2,1H3,(H,17,19). The zero-order chi connectivity index (χ0) is 14.4. The van der Waals surface area contributed by atoms with Crippen molar-refractivity contribution in [1.82, 2.24) is 14.9 Å². The number of nitrogens with one attached hydrogen (secondary N) is 1. The SMILES string of the molecule is Cn1ccnc1CNC(=O)COc1ccccc1C#N. The number of nitriles is 1. The van der Waals surface area contributed by atoms with Gasteiger partial charge in [0.25, 0.3) is 5.91 Å². The number of ether oxygens (including phenoxy) is 1. The van der Waals surface area contributed by atoms with Gasteiger partial charge in [0.1, 0.15) is 17.6 Å². The van der Waals surface area contributed by atoms with Crippen LogP contribution in [0.1, 0.15) is 11.4 Å². The molecule has 102 valence electrons. The Morgan fingerprint density at radius 1 is 1.50 bits per heavy atom. The van der Waals surface area contributed by atoms with E-state index in [4.69, 9.17) is 10.00 Å². The van der Waals surface area contributed by atoms with Gasteiger partial charge in [0.15, 0.2) is 6.61 Å². The van der Waals surface area contributed by atoms with Gasteiger partial charge in [-0.3, -0.25) is 4.79 Å². The maximum atomic E-state index is 11.7. The van der Waals surface area contributed by atoms with Crippen molar-refractivity contribution in [1.29, 1.82) is 5.26 Å². The third-order valence-electron chi connectivity index (χ3n) is 2.73. The van der Waals surface area contributed by atoms with Crippen molar-refractivity contribution in [2.24, 2.45) is 7.05 Å². The molecule has 0 saturated carbocycles. The Hall–Kier alpha value is -2.81. The van der Waals surface area contributed by atoms with Crippen LogP contribution in [-0.4, -0.2) is 22.1 Å². The molecule has 0 bridgehead atoms. The van der Waals surface area contributed by atoms with Gasteiger partial charge >= 0.3 is 0 Å². The predicted octanol–water partition coefficient (Wildman–Crippen LogP) is 0.987. The number of carbonyl (C=O) groups is 1. The number of imidazole rings is 1. The number of benzene rings is 1. The second-order valence-electron chi connectivity index (χ2n) is 4.13. The van der Waals surface area contributed by atoms with Crippen molar-refractivity contribution in [3.63, 3.8) is 0 Å². The van der Waals surface area contributed by atoms with Gasteiger partial charge in [0, 0.05) is 19.4 Å². The Labute approximate surface area is 116 Å². The molecule has 1 N–H and O–H groups in total. The minimum Gasteiger partial charge on any atom is -0.482 e. The minimum absolute atomic E-state index is 0.136. The molecule has 1 aromatic carbocycles. The number of nitrogens with zero attached hydrogens (tertiary/aromatic N) is 3. The molecule has 1 aromatic heterocycles. The van der Waals surface area contributed by atoms with Crippen LogP contribution >= 0.6 is 0 Å². The van der Waals surface area contributed by atoms with Crippen LogP contribution in [-0.2, 0) is 18.4 Å². The smallest absolute Gasteiger partial charge is 0.258 e. The fraction of sp³-hybridized carbons (Fsp3) is 0.214. The van der Waals surface area contributed by atoms with E-state index in [1.54, 1.807) is 36.7 Å². The van der Waals surface area contributed by atoms with Gasteiger partial charge in [-0.05, 0) is 12.1 Å². The average molecular weight is 270 g/mol. The summed E-state index contributed by atoms with van der Waals surface area (Å²) in [6.45, 7) is 0.203. The van der Waals surface area contributed by atoms with Crippen molar-refractivity contribution in [2.45, 2.75) is 6.54 Å². The second-order valence-corrected chi connectivity index (χ2v) is 4.13. The zero-order valence-electron chi connectivity index (χ0n) is 11.0. The van der Waals surface area contributed by atoms with E-state index in [2.05, 4.69) is 10.3 Å². The summed E-state index contributed by atoms with van der Waals surface area (Å²) in [4.78, 5) is 15.8. The van der Waals surface area contributed by atoms with Gasteiger partial charge in [0.2, 0.25) is 0 Å². The Morgan fingerprint density at radius 3 is 3.00 bits per heavy atom. The number of aromatic nitrogens is 2. The minimum atomic E-state index is -0.263. The number of rotatable bonds is 5. The molecule has 0 atom stereocenters. The van der Waals surface area contributed by atoms with E-state index >= 15 is 0 Å². The van der Waals surface area contributed by atoms with Crippen molar-refractivity contribution in [3.05, 3.63) is 48.0 Å². The van der Waals surface area contributed by atoms with Gasteiger partial charge in [-0.2, -0.15) is 5.26 Å². The summed E-state index contributed by atoms with van der Waals surface area (Å²) >= 11 is 0. The van der Waals surface area contributed by atoms with Crippen LogP contribution in [0.15, 0.2) is 36.7 Å². The van der Waals surface area contributed by atoms with E-state index in [1.807, 2.05) is 17.7 Å². The molecule has 6 nitrogen and oxygen atoms in total. The van der Waals surface area contributed by atoms with E-state index in [9.17, 15) is 4.79 Å². The molecule has 2 aromatic rings. The Morgan fingerprint density at radius 2 is 2.30 bits per heavy atom. The molecule has 1 amide bonds. The molecule has 0 aliphatic heterocycles. The zero-order valence-corrected chi connectivity index (χ0v) is 11.0. The van der Waals surface area contributed by atoms with E-state index in [0.29, 0.717) is 17.9 Å². The molecule has 0 unspecified atom stereocenters. The number of hydrogen-bond acceptors (Lipinski definition) is 4. The number of para-hydroxylation sites is 1. The highest BCUT2D eigenvalue weighted by Gasteiger charge is 2.07. The first-order valence-corrected chi connectivity index (χ1v) is 6.05.